The highest BCUT2D eigenvalue weighted by Crippen LogP contribution is 2.38. The van der Waals surface area contributed by atoms with Gasteiger partial charge in [-0.3, -0.25) is 10.1 Å². The molecule has 2 heterocycles. The zero-order chi connectivity index (χ0) is 21.5. The lowest BCUT2D eigenvalue weighted by Gasteiger charge is -2.11. The van der Waals surface area contributed by atoms with Crippen LogP contribution in [0.25, 0.3) is 11.4 Å². The van der Waals surface area contributed by atoms with Crippen LogP contribution in [0.4, 0.5) is 5.69 Å². The van der Waals surface area contributed by atoms with Crippen LogP contribution in [0.1, 0.15) is 11.3 Å². The van der Waals surface area contributed by atoms with Gasteiger partial charge in [-0.05, 0) is 46.1 Å². The third-order valence-corrected chi connectivity index (χ3v) is 4.63. The minimum atomic E-state index is -0.484. The average molecular weight is 475 g/mol. The number of nitrogens with zero attached hydrogens (tertiary/aromatic N) is 4. The fourth-order valence-corrected chi connectivity index (χ4v) is 3.17. The maximum atomic E-state index is 11.6. The predicted octanol–water partition coefficient (Wildman–Crippen LogP) is 3.99. The number of nitro benzene ring substituents is 1. The van der Waals surface area contributed by atoms with Gasteiger partial charge in [-0.15, -0.1) is 0 Å². The summed E-state index contributed by atoms with van der Waals surface area (Å²) in [4.78, 5) is 23.9. The van der Waals surface area contributed by atoms with Gasteiger partial charge in [-0.2, -0.15) is 0 Å². The van der Waals surface area contributed by atoms with Gasteiger partial charge in [0.2, 0.25) is 5.75 Å². The van der Waals surface area contributed by atoms with Crippen LogP contribution in [0.3, 0.4) is 0 Å². The number of aromatic nitrogens is 3. The summed E-state index contributed by atoms with van der Waals surface area (Å²) in [5.41, 5.74) is 1.77. The van der Waals surface area contributed by atoms with E-state index in [2.05, 4.69) is 30.9 Å². The van der Waals surface area contributed by atoms with Gasteiger partial charge in [0.1, 0.15) is 4.60 Å². The Morgan fingerprint density at radius 3 is 2.53 bits per heavy atom. The molecule has 0 radical (unpaired) electrons. The second kappa shape index (κ2) is 10.1. The van der Waals surface area contributed by atoms with Crippen molar-refractivity contribution in [2.75, 3.05) is 20.8 Å². The molecule has 0 fully saturated rings. The minimum Gasteiger partial charge on any atom is -0.494 e. The lowest BCUT2D eigenvalue weighted by Crippen LogP contribution is -2.04. The van der Waals surface area contributed by atoms with E-state index >= 15 is 0 Å². The summed E-state index contributed by atoms with van der Waals surface area (Å²) in [6.45, 7) is 0.701. The quantitative estimate of drug-likeness (QED) is 0.198. The molecule has 0 spiro atoms. The van der Waals surface area contributed by atoms with Gasteiger partial charge in [-0.25, -0.2) is 15.0 Å². The molecule has 0 amide bonds. The second-order valence-corrected chi connectivity index (χ2v) is 6.97. The van der Waals surface area contributed by atoms with Crippen molar-refractivity contribution >= 4 is 21.6 Å². The van der Waals surface area contributed by atoms with Crippen LogP contribution >= 0.6 is 15.9 Å². The van der Waals surface area contributed by atoms with Crippen LogP contribution in [0.2, 0.25) is 0 Å². The summed E-state index contributed by atoms with van der Waals surface area (Å²) in [7, 11) is 2.89. The largest absolute Gasteiger partial charge is 0.494 e. The summed E-state index contributed by atoms with van der Waals surface area (Å²) in [6.07, 6.45) is 3.45. The molecule has 0 saturated heterocycles. The molecule has 2 aromatic heterocycles. The van der Waals surface area contributed by atoms with Crippen molar-refractivity contribution in [3.8, 4) is 22.9 Å². The highest BCUT2D eigenvalue weighted by atomic mass is 79.9. The number of methoxy groups -OCH3 is 2. The van der Waals surface area contributed by atoms with Crippen LogP contribution in [-0.4, -0.2) is 40.7 Å². The zero-order valence-corrected chi connectivity index (χ0v) is 18.0. The van der Waals surface area contributed by atoms with E-state index in [0.717, 1.165) is 10.3 Å². The normalized spacial score (nSPS) is 10.6. The lowest BCUT2D eigenvalue weighted by molar-refractivity contribution is -0.385. The maximum Gasteiger partial charge on any atom is 0.311 e. The number of rotatable bonds is 9. The molecule has 0 aliphatic carbocycles. The first kappa shape index (κ1) is 21.6. The van der Waals surface area contributed by atoms with Gasteiger partial charge in [0.25, 0.3) is 0 Å². The molecule has 30 heavy (non-hydrogen) atoms. The third-order valence-electron chi connectivity index (χ3n) is 4.19. The molecule has 9 nitrogen and oxygen atoms in total. The van der Waals surface area contributed by atoms with E-state index in [0.29, 0.717) is 42.3 Å². The third kappa shape index (κ3) is 5.28. The molecular weight excluding hydrogens is 456 g/mol. The number of benzene rings is 1. The van der Waals surface area contributed by atoms with Crippen molar-refractivity contribution in [3.63, 3.8) is 0 Å². The Balaban J connectivity index is 1.81. The van der Waals surface area contributed by atoms with E-state index in [1.165, 1.54) is 32.7 Å². The van der Waals surface area contributed by atoms with Crippen molar-refractivity contribution in [3.05, 3.63) is 68.7 Å². The first-order chi connectivity index (χ1) is 14.5. The fourth-order valence-electron chi connectivity index (χ4n) is 2.79. The molecule has 0 bridgehead atoms. The zero-order valence-electron chi connectivity index (χ0n) is 16.4. The van der Waals surface area contributed by atoms with Gasteiger partial charge < -0.3 is 14.2 Å². The Morgan fingerprint density at radius 1 is 1.13 bits per heavy atom. The standard InChI is InChI=1S/C20H19BrN4O5/c1-28-15-10-22-20(23-11-15)16-8-13(9-17(25(26)27)19(16)29-2)6-7-30-12-14-4-3-5-18(21)24-14/h3-5,8-11H,6-7,12H2,1-2H3. The SMILES string of the molecule is COc1cnc(-c2cc(CCOCc3cccc(Br)n3)cc([N+](=O)[O-])c2OC)nc1. The molecule has 10 heteroatoms. The Morgan fingerprint density at radius 2 is 1.90 bits per heavy atom. The number of ether oxygens (including phenoxy) is 3. The number of pyridine rings is 1. The number of hydrogen-bond acceptors (Lipinski definition) is 8. The van der Waals surface area contributed by atoms with E-state index in [-0.39, 0.29) is 11.4 Å². The minimum absolute atomic E-state index is 0.105. The molecule has 0 aliphatic heterocycles. The Labute approximate surface area is 181 Å². The summed E-state index contributed by atoms with van der Waals surface area (Å²) >= 11 is 3.32. The molecule has 0 unspecified atom stereocenters. The van der Waals surface area contributed by atoms with Crippen LogP contribution < -0.4 is 9.47 Å². The first-order valence-corrected chi connectivity index (χ1v) is 9.72. The van der Waals surface area contributed by atoms with Gasteiger partial charge in [0.15, 0.2) is 11.6 Å². The van der Waals surface area contributed by atoms with Crippen molar-refractivity contribution in [2.45, 2.75) is 13.0 Å². The van der Waals surface area contributed by atoms with Crippen molar-refractivity contribution < 1.29 is 19.1 Å². The van der Waals surface area contributed by atoms with Crippen LogP contribution in [0.15, 0.2) is 47.3 Å². The van der Waals surface area contributed by atoms with Crippen LogP contribution in [-0.2, 0) is 17.8 Å². The molecule has 0 atom stereocenters. The van der Waals surface area contributed by atoms with Crippen LogP contribution in [0.5, 0.6) is 11.5 Å². The Hall–Kier alpha value is -3.11. The fraction of sp³-hybridized carbons (Fsp3) is 0.250. The topological polar surface area (TPSA) is 110 Å². The molecule has 0 aliphatic rings. The maximum absolute atomic E-state index is 11.6. The number of hydrogen-bond donors (Lipinski definition) is 0. The van der Waals surface area contributed by atoms with Gasteiger partial charge >= 0.3 is 5.69 Å². The Kier molecular flexibility index (Phi) is 7.26. The summed E-state index contributed by atoms with van der Waals surface area (Å²) < 4.78 is 16.8. The molecular formula is C20H19BrN4O5. The van der Waals surface area contributed by atoms with Crippen molar-refractivity contribution in [1.82, 2.24) is 15.0 Å². The summed E-state index contributed by atoms with van der Waals surface area (Å²) in [6, 6.07) is 8.83. The second-order valence-electron chi connectivity index (χ2n) is 6.15. The van der Waals surface area contributed by atoms with Gasteiger partial charge in [0.05, 0.1) is 56.0 Å². The van der Waals surface area contributed by atoms with E-state index in [9.17, 15) is 10.1 Å². The predicted molar refractivity (Wildman–Crippen MR) is 113 cm³/mol. The molecule has 3 aromatic rings. The highest BCUT2D eigenvalue weighted by Gasteiger charge is 2.23. The van der Waals surface area contributed by atoms with Crippen LogP contribution in [0, 0.1) is 10.1 Å². The number of halogens is 1. The van der Waals surface area contributed by atoms with E-state index in [1.807, 2.05) is 18.2 Å². The molecule has 0 saturated carbocycles. The lowest BCUT2D eigenvalue weighted by atomic mass is 10.0. The molecule has 3 rings (SSSR count). The van der Waals surface area contributed by atoms with Gasteiger partial charge in [0, 0.05) is 6.07 Å². The number of nitro groups is 1. The Bertz CT molecular complexity index is 1030. The molecule has 156 valence electrons. The highest BCUT2D eigenvalue weighted by molar-refractivity contribution is 9.10. The first-order valence-electron chi connectivity index (χ1n) is 8.92. The van der Waals surface area contributed by atoms with E-state index in [4.69, 9.17) is 14.2 Å². The summed E-state index contributed by atoms with van der Waals surface area (Å²) in [5.74, 6) is 0.892. The van der Waals surface area contributed by atoms with Gasteiger partial charge in [-0.1, -0.05) is 6.07 Å². The monoisotopic (exact) mass is 474 g/mol. The molecule has 0 N–H and O–H groups in total. The van der Waals surface area contributed by atoms with E-state index in [1.54, 1.807) is 6.07 Å². The average Bonchev–Trinajstić information content (AvgIpc) is 2.76. The van der Waals surface area contributed by atoms with Crippen molar-refractivity contribution in [1.29, 1.82) is 0 Å². The smallest absolute Gasteiger partial charge is 0.311 e. The van der Waals surface area contributed by atoms with Crippen molar-refractivity contribution in [2.24, 2.45) is 0 Å². The van der Waals surface area contributed by atoms with E-state index < -0.39 is 4.92 Å². The molecule has 1 aromatic carbocycles. The summed E-state index contributed by atoms with van der Waals surface area (Å²) in [5, 5.41) is 11.6.